The van der Waals surface area contributed by atoms with Crippen molar-refractivity contribution >= 4 is 29.1 Å². The van der Waals surface area contributed by atoms with Gasteiger partial charge in [0.15, 0.2) is 5.76 Å². The lowest BCUT2D eigenvalue weighted by molar-refractivity contribution is 0.0927. The van der Waals surface area contributed by atoms with Gasteiger partial charge in [-0.1, -0.05) is 41.4 Å². The first-order chi connectivity index (χ1) is 12.6. The third-order valence-electron chi connectivity index (χ3n) is 3.88. The molecule has 1 N–H and O–H groups in total. The highest BCUT2D eigenvalue weighted by molar-refractivity contribution is 6.33. The van der Waals surface area contributed by atoms with Crippen molar-refractivity contribution < 1.29 is 13.9 Å². The molecule has 0 saturated carbocycles. The fraction of sp³-hybridized carbons (Fsp3) is 0.150. The molecule has 0 aliphatic heterocycles. The number of benzene rings is 2. The number of methoxy groups -OCH3 is 1. The molecular weight excluding hydrogens is 373 g/mol. The van der Waals surface area contributed by atoms with E-state index in [1.807, 2.05) is 36.4 Å². The number of carbonyl (C=O) groups excluding carboxylic acids is 1. The molecule has 0 atom stereocenters. The van der Waals surface area contributed by atoms with Crippen molar-refractivity contribution in [2.45, 2.75) is 6.42 Å². The van der Waals surface area contributed by atoms with Gasteiger partial charge >= 0.3 is 0 Å². The van der Waals surface area contributed by atoms with Crippen molar-refractivity contribution in [1.82, 2.24) is 5.32 Å². The second-order valence-electron chi connectivity index (χ2n) is 5.62. The molecule has 0 saturated heterocycles. The van der Waals surface area contributed by atoms with E-state index in [1.54, 1.807) is 25.3 Å². The lowest BCUT2D eigenvalue weighted by atomic mass is 10.1. The number of carbonyl (C=O) groups is 1. The van der Waals surface area contributed by atoms with Crippen LogP contribution in [0.4, 0.5) is 0 Å². The van der Waals surface area contributed by atoms with E-state index >= 15 is 0 Å². The van der Waals surface area contributed by atoms with Gasteiger partial charge < -0.3 is 14.5 Å². The van der Waals surface area contributed by atoms with Crippen LogP contribution in [-0.2, 0) is 6.42 Å². The summed E-state index contributed by atoms with van der Waals surface area (Å²) in [5.41, 5.74) is 1.76. The summed E-state index contributed by atoms with van der Waals surface area (Å²) in [6, 6.07) is 16.3. The largest absolute Gasteiger partial charge is 0.495 e. The zero-order chi connectivity index (χ0) is 18.5. The maximum Gasteiger partial charge on any atom is 0.287 e. The maximum atomic E-state index is 12.2. The fourth-order valence-corrected chi connectivity index (χ4v) is 3.05. The number of halogens is 2. The molecule has 134 valence electrons. The third-order valence-corrected chi connectivity index (χ3v) is 4.51. The predicted octanol–water partition coefficient (Wildman–Crippen LogP) is 5.23. The zero-order valence-electron chi connectivity index (χ0n) is 14.1. The van der Waals surface area contributed by atoms with Gasteiger partial charge in [-0.2, -0.15) is 0 Å². The SMILES string of the molecule is COc1ccc(CCNC(=O)c2ccc(-c3ccccc3Cl)o2)cc1Cl. The number of amides is 1. The van der Waals surface area contributed by atoms with E-state index in [2.05, 4.69) is 5.32 Å². The normalized spacial score (nSPS) is 10.6. The van der Waals surface area contributed by atoms with Gasteiger partial charge in [0.1, 0.15) is 11.5 Å². The van der Waals surface area contributed by atoms with E-state index in [4.69, 9.17) is 32.4 Å². The number of ether oxygens (including phenoxy) is 1. The fourth-order valence-electron chi connectivity index (χ4n) is 2.54. The van der Waals surface area contributed by atoms with Gasteiger partial charge in [0.2, 0.25) is 0 Å². The number of furan rings is 1. The molecule has 2 aromatic carbocycles. The summed E-state index contributed by atoms with van der Waals surface area (Å²) in [6.45, 7) is 0.462. The first-order valence-electron chi connectivity index (χ1n) is 8.04. The Hall–Kier alpha value is -2.43. The lowest BCUT2D eigenvalue weighted by Crippen LogP contribution is -2.25. The van der Waals surface area contributed by atoms with Crippen LogP contribution in [0.1, 0.15) is 16.1 Å². The molecule has 1 amide bonds. The molecule has 1 aromatic heterocycles. The summed E-state index contributed by atoms with van der Waals surface area (Å²) in [5, 5.41) is 3.96. The van der Waals surface area contributed by atoms with Crippen molar-refractivity contribution in [3.63, 3.8) is 0 Å². The summed E-state index contributed by atoms with van der Waals surface area (Å²) < 4.78 is 10.8. The highest BCUT2D eigenvalue weighted by Gasteiger charge is 2.13. The molecule has 6 heteroatoms. The first kappa shape index (κ1) is 18.4. The minimum absolute atomic E-state index is 0.243. The van der Waals surface area contributed by atoms with Crippen LogP contribution in [0.5, 0.6) is 5.75 Å². The Morgan fingerprint density at radius 1 is 1.08 bits per heavy atom. The van der Waals surface area contributed by atoms with Crippen LogP contribution < -0.4 is 10.1 Å². The average Bonchev–Trinajstić information content (AvgIpc) is 3.12. The summed E-state index contributed by atoms with van der Waals surface area (Å²) in [7, 11) is 1.57. The lowest BCUT2D eigenvalue weighted by Gasteiger charge is -2.07. The van der Waals surface area contributed by atoms with E-state index in [0.29, 0.717) is 34.5 Å². The Kier molecular flexibility index (Phi) is 5.86. The molecule has 0 radical (unpaired) electrons. The Morgan fingerprint density at radius 2 is 1.88 bits per heavy atom. The number of nitrogens with one attached hydrogen (secondary N) is 1. The zero-order valence-corrected chi connectivity index (χ0v) is 15.6. The molecular formula is C20H17Cl2NO3. The van der Waals surface area contributed by atoms with Gasteiger partial charge in [-0.25, -0.2) is 0 Å². The summed E-state index contributed by atoms with van der Waals surface area (Å²) in [4.78, 5) is 12.2. The molecule has 3 rings (SSSR count). The van der Waals surface area contributed by atoms with Crippen LogP contribution >= 0.6 is 23.2 Å². The minimum atomic E-state index is -0.275. The van der Waals surface area contributed by atoms with Gasteiger partial charge in [0.05, 0.1) is 17.2 Å². The molecule has 3 aromatic rings. The number of rotatable bonds is 6. The minimum Gasteiger partial charge on any atom is -0.495 e. The molecule has 1 heterocycles. The Balaban J connectivity index is 1.59. The predicted molar refractivity (Wildman–Crippen MR) is 103 cm³/mol. The van der Waals surface area contributed by atoms with Crippen LogP contribution in [0.3, 0.4) is 0 Å². The Labute approximate surface area is 161 Å². The van der Waals surface area contributed by atoms with Crippen LogP contribution in [0.15, 0.2) is 59.0 Å². The molecule has 4 nitrogen and oxygen atoms in total. The standard InChI is InChI=1S/C20H17Cl2NO3/c1-25-18-7-6-13(12-16(18)22)10-11-23-20(24)19-9-8-17(26-19)14-4-2-3-5-15(14)21/h2-9,12H,10-11H2,1H3,(H,23,24). The quantitative estimate of drug-likeness (QED) is 0.627. The van der Waals surface area contributed by atoms with Crippen LogP contribution in [0.25, 0.3) is 11.3 Å². The highest BCUT2D eigenvalue weighted by atomic mass is 35.5. The molecule has 26 heavy (non-hydrogen) atoms. The van der Waals surface area contributed by atoms with Crippen LogP contribution in [-0.4, -0.2) is 19.6 Å². The van der Waals surface area contributed by atoms with Gasteiger partial charge in [-0.05, 0) is 48.4 Å². The molecule has 0 unspecified atom stereocenters. The Morgan fingerprint density at radius 3 is 2.62 bits per heavy atom. The molecule has 0 aliphatic carbocycles. The van der Waals surface area contributed by atoms with Gasteiger partial charge in [0.25, 0.3) is 5.91 Å². The molecule has 0 spiro atoms. The first-order valence-corrected chi connectivity index (χ1v) is 8.79. The smallest absolute Gasteiger partial charge is 0.287 e. The average molecular weight is 390 g/mol. The van der Waals surface area contributed by atoms with Crippen molar-refractivity contribution in [1.29, 1.82) is 0 Å². The number of hydrogen-bond acceptors (Lipinski definition) is 3. The molecule has 0 fully saturated rings. The monoisotopic (exact) mass is 389 g/mol. The summed E-state index contributed by atoms with van der Waals surface area (Å²) >= 11 is 12.3. The molecule has 0 aliphatic rings. The highest BCUT2D eigenvalue weighted by Crippen LogP contribution is 2.29. The van der Waals surface area contributed by atoms with Crippen molar-refractivity contribution in [3.8, 4) is 17.1 Å². The van der Waals surface area contributed by atoms with Crippen LogP contribution in [0.2, 0.25) is 10.0 Å². The van der Waals surface area contributed by atoms with Crippen molar-refractivity contribution in [2.24, 2.45) is 0 Å². The number of hydrogen-bond donors (Lipinski definition) is 1. The Bertz CT molecular complexity index is 921. The van der Waals surface area contributed by atoms with E-state index in [9.17, 15) is 4.79 Å². The van der Waals surface area contributed by atoms with Crippen molar-refractivity contribution in [3.05, 3.63) is 76.0 Å². The molecule has 0 bridgehead atoms. The summed E-state index contributed by atoms with van der Waals surface area (Å²) in [6.07, 6.45) is 0.646. The van der Waals surface area contributed by atoms with E-state index in [0.717, 1.165) is 11.1 Å². The van der Waals surface area contributed by atoms with E-state index in [-0.39, 0.29) is 11.7 Å². The van der Waals surface area contributed by atoms with E-state index < -0.39 is 0 Å². The topological polar surface area (TPSA) is 51.5 Å². The van der Waals surface area contributed by atoms with Gasteiger partial charge in [0, 0.05) is 12.1 Å². The summed E-state index contributed by atoms with van der Waals surface area (Å²) in [5.74, 6) is 1.15. The van der Waals surface area contributed by atoms with E-state index in [1.165, 1.54) is 0 Å². The second-order valence-corrected chi connectivity index (χ2v) is 6.43. The van der Waals surface area contributed by atoms with Gasteiger partial charge in [-0.3, -0.25) is 4.79 Å². The maximum absolute atomic E-state index is 12.2. The third kappa shape index (κ3) is 4.21. The van der Waals surface area contributed by atoms with Crippen LogP contribution in [0, 0.1) is 0 Å². The van der Waals surface area contributed by atoms with Crippen molar-refractivity contribution in [2.75, 3.05) is 13.7 Å². The van der Waals surface area contributed by atoms with Gasteiger partial charge in [-0.15, -0.1) is 0 Å². The second kappa shape index (κ2) is 8.30.